The number of allylic oxidation sites excluding steroid dienone is 3. The van der Waals surface area contributed by atoms with E-state index in [0.29, 0.717) is 34.9 Å². The van der Waals surface area contributed by atoms with Gasteiger partial charge in [0.2, 0.25) is 0 Å². The van der Waals surface area contributed by atoms with Gasteiger partial charge in [0.05, 0.1) is 17.4 Å². The Morgan fingerprint density at radius 1 is 1.42 bits per heavy atom. The third kappa shape index (κ3) is 6.93. The normalized spacial score (nSPS) is 18.1. The van der Waals surface area contributed by atoms with Gasteiger partial charge in [-0.15, -0.1) is 11.3 Å². The number of nitrogens with zero attached hydrogens (tertiary/aromatic N) is 3. The molecule has 0 saturated carbocycles. The molecule has 1 saturated heterocycles. The lowest BCUT2D eigenvalue weighted by Gasteiger charge is -2.43. The molecule has 31 heavy (non-hydrogen) atoms. The van der Waals surface area contributed by atoms with Crippen molar-refractivity contribution >= 4 is 39.3 Å². The van der Waals surface area contributed by atoms with E-state index in [2.05, 4.69) is 44.6 Å². The van der Waals surface area contributed by atoms with Crippen molar-refractivity contribution in [1.29, 1.82) is 0 Å². The lowest BCUT2D eigenvalue weighted by Crippen LogP contribution is -2.56. The van der Waals surface area contributed by atoms with Gasteiger partial charge >= 0.3 is 6.09 Å². The molecule has 0 bridgehead atoms. The van der Waals surface area contributed by atoms with Crippen LogP contribution in [0.25, 0.3) is 0 Å². The molecule has 170 valence electrons. The maximum Gasteiger partial charge on any atom is 0.410 e. The highest BCUT2D eigenvalue weighted by Crippen LogP contribution is 2.23. The van der Waals surface area contributed by atoms with E-state index in [0.717, 1.165) is 12.1 Å². The molecular formula is C22H31BrN4O3S. The monoisotopic (exact) mass is 510 g/mol. The number of amides is 2. The van der Waals surface area contributed by atoms with E-state index in [9.17, 15) is 9.59 Å². The number of halogens is 1. The lowest BCUT2D eigenvalue weighted by atomic mass is 10.1. The van der Waals surface area contributed by atoms with Crippen LogP contribution in [0.2, 0.25) is 0 Å². The first-order chi connectivity index (χ1) is 14.6. The second-order valence-electron chi connectivity index (χ2n) is 8.11. The molecule has 0 spiro atoms. The van der Waals surface area contributed by atoms with E-state index in [1.54, 1.807) is 16.4 Å². The van der Waals surface area contributed by atoms with Crippen LogP contribution in [0.15, 0.2) is 45.5 Å². The van der Waals surface area contributed by atoms with E-state index in [4.69, 9.17) is 4.74 Å². The Morgan fingerprint density at radius 3 is 2.65 bits per heavy atom. The van der Waals surface area contributed by atoms with Gasteiger partial charge in [-0.05, 0) is 56.1 Å². The summed E-state index contributed by atoms with van der Waals surface area (Å²) < 4.78 is 6.24. The second-order valence-corrected chi connectivity index (χ2v) is 10.2. The van der Waals surface area contributed by atoms with Gasteiger partial charge in [-0.1, -0.05) is 25.7 Å². The molecule has 1 N–H and O–H groups in total. The average Bonchev–Trinajstić information content (AvgIpc) is 3.15. The summed E-state index contributed by atoms with van der Waals surface area (Å²) in [6, 6.07) is 0.000110. The number of carbonyl (C=O) groups excluding carboxylic acids is 2. The fraction of sp³-hybridized carbons (Fsp3) is 0.500. The molecule has 7 nitrogen and oxygen atoms in total. The van der Waals surface area contributed by atoms with Crippen LogP contribution in [0.3, 0.4) is 0 Å². The molecule has 2 amide bonds. The van der Waals surface area contributed by atoms with E-state index in [1.165, 1.54) is 11.3 Å². The number of rotatable bonds is 6. The molecule has 1 aromatic heterocycles. The van der Waals surface area contributed by atoms with Gasteiger partial charge in [0.25, 0.3) is 5.91 Å². The quantitative estimate of drug-likeness (QED) is 0.548. The maximum absolute atomic E-state index is 12.7. The molecule has 9 heteroatoms. The lowest BCUT2D eigenvalue weighted by molar-refractivity contribution is 0.00197. The second kappa shape index (κ2) is 10.9. The van der Waals surface area contributed by atoms with Crippen LogP contribution >= 0.6 is 27.3 Å². The largest absolute Gasteiger partial charge is 0.444 e. The molecule has 0 radical (unpaired) electrons. The highest BCUT2D eigenvalue weighted by Gasteiger charge is 2.33. The van der Waals surface area contributed by atoms with Crippen molar-refractivity contribution in [3.63, 3.8) is 0 Å². The number of hydrogen-bond donors (Lipinski definition) is 1. The predicted octanol–water partition coefficient (Wildman–Crippen LogP) is 4.94. The SMILES string of the molecule is C=C/C=C(\C(=C/C)NC(=O)c1csc(Br)n1)N1CCN(C(=O)OC(C)(C)C)[C@@H](CC)C1. The van der Waals surface area contributed by atoms with E-state index < -0.39 is 5.60 Å². The summed E-state index contributed by atoms with van der Waals surface area (Å²) in [5, 5.41) is 4.66. The topological polar surface area (TPSA) is 74.8 Å². The molecule has 0 aliphatic carbocycles. The van der Waals surface area contributed by atoms with Crippen LogP contribution in [0.1, 0.15) is 51.5 Å². The number of ether oxygens (including phenoxy) is 1. The number of aromatic nitrogens is 1. The van der Waals surface area contributed by atoms with Crippen LogP contribution in [0.4, 0.5) is 4.79 Å². The van der Waals surface area contributed by atoms with E-state index in [-0.39, 0.29) is 18.0 Å². The van der Waals surface area contributed by atoms with Gasteiger partial charge in [0, 0.05) is 25.0 Å². The Labute approximate surface area is 197 Å². The zero-order chi connectivity index (χ0) is 23.2. The minimum Gasteiger partial charge on any atom is -0.444 e. The summed E-state index contributed by atoms with van der Waals surface area (Å²) in [5.74, 6) is -0.274. The summed E-state index contributed by atoms with van der Waals surface area (Å²) in [7, 11) is 0. The first-order valence-corrected chi connectivity index (χ1v) is 11.9. The molecule has 1 fully saturated rings. The van der Waals surface area contributed by atoms with Crippen molar-refractivity contribution in [3.8, 4) is 0 Å². The Balaban J connectivity index is 2.17. The third-order valence-electron chi connectivity index (χ3n) is 4.72. The van der Waals surface area contributed by atoms with E-state index >= 15 is 0 Å². The number of hydrogen-bond acceptors (Lipinski definition) is 6. The fourth-order valence-electron chi connectivity index (χ4n) is 3.29. The highest BCUT2D eigenvalue weighted by atomic mass is 79.9. The minimum absolute atomic E-state index is 0.000110. The number of piperazine rings is 1. The smallest absolute Gasteiger partial charge is 0.410 e. The molecule has 0 unspecified atom stereocenters. The molecule has 0 aromatic carbocycles. The zero-order valence-electron chi connectivity index (χ0n) is 18.8. The first kappa shape index (κ1) is 25.1. The molecule has 2 heterocycles. The van der Waals surface area contributed by atoms with Crippen molar-refractivity contribution in [2.45, 2.75) is 52.7 Å². The molecule has 1 aromatic rings. The van der Waals surface area contributed by atoms with Crippen molar-refractivity contribution in [2.24, 2.45) is 0 Å². The number of carbonyl (C=O) groups is 2. The Morgan fingerprint density at radius 2 is 2.13 bits per heavy atom. The van der Waals surface area contributed by atoms with Gasteiger partial charge in [-0.25, -0.2) is 9.78 Å². The van der Waals surface area contributed by atoms with Gasteiger partial charge in [0.1, 0.15) is 11.3 Å². The molecule has 2 rings (SSSR count). The summed E-state index contributed by atoms with van der Waals surface area (Å²) in [6.07, 6.45) is 5.94. The van der Waals surface area contributed by atoms with Gasteiger partial charge in [-0.3, -0.25) is 4.79 Å². The number of nitrogens with one attached hydrogen (secondary N) is 1. The highest BCUT2D eigenvalue weighted by molar-refractivity contribution is 9.11. The molecular weight excluding hydrogens is 480 g/mol. The van der Waals surface area contributed by atoms with Crippen molar-refractivity contribution in [2.75, 3.05) is 19.6 Å². The third-order valence-corrected chi connectivity index (χ3v) is 6.08. The summed E-state index contributed by atoms with van der Waals surface area (Å²) >= 11 is 4.65. The van der Waals surface area contributed by atoms with Crippen LogP contribution in [0.5, 0.6) is 0 Å². The van der Waals surface area contributed by atoms with Crippen LogP contribution in [-0.2, 0) is 4.74 Å². The Hall–Kier alpha value is -2.13. The van der Waals surface area contributed by atoms with Crippen molar-refractivity contribution in [3.05, 3.63) is 51.2 Å². The molecule has 1 aliphatic rings. The van der Waals surface area contributed by atoms with Crippen LogP contribution in [-0.4, -0.2) is 58.1 Å². The Kier molecular flexibility index (Phi) is 8.88. The molecule has 1 atom stereocenters. The fourth-order valence-corrected chi connectivity index (χ4v) is 4.28. The minimum atomic E-state index is -0.534. The Bertz CT molecular complexity index is 872. The van der Waals surface area contributed by atoms with Gasteiger partial charge in [0.15, 0.2) is 3.92 Å². The number of thiazole rings is 1. The average molecular weight is 511 g/mol. The predicted molar refractivity (Wildman–Crippen MR) is 128 cm³/mol. The maximum atomic E-state index is 12.7. The van der Waals surface area contributed by atoms with Crippen LogP contribution < -0.4 is 5.32 Å². The summed E-state index contributed by atoms with van der Waals surface area (Å²) in [4.78, 5) is 33.5. The standard InChI is InChI=1S/C22H31BrN4O3S/c1-7-10-18(16(9-3)24-19(28)17-14-31-20(23)25-17)26-11-12-27(15(8-2)13-26)21(29)30-22(4,5)6/h7,9-10,14-15H,1,8,11-13H2,2-6H3,(H,24,28)/b16-9+,18-10+/t15-/m0/s1. The zero-order valence-corrected chi connectivity index (χ0v) is 21.2. The summed E-state index contributed by atoms with van der Waals surface area (Å²) in [5.41, 5.74) is 1.35. The van der Waals surface area contributed by atoms with Crippen molar-refractivity contribution in [1.82, 2.24) is 20.1 Å². The van der Waals surface area contributed by atoms with Crippen LogP contribution in [0, 0.1) is 0 Å². The first-order valence-electron chi connectivity index (χ1n) is 10.3. The summed E-state index contributed by atoms with van der Waals surface area (Å²) in [6.45, 7) is 15.1. The van der Waals surface area contributed by atoms with Gasteiger partial charge < -0.3 is 19.9 Å². The molecule has 1 aliphatic heterocycles. The van der Waals surface area contributed by atoms with E-state index in [1.807, 2.05) is 39.8 Å². The van der Waals surface area contributed by atoms with Gasteiger partial charge in [-0.2, -0.15) is 0 Å². The van der Waals surface area contributed by atoms with Crippen molar-refractivity contribution < 1.29 is 14.3 Å².